The monoisotopic (exact) mass is 584 g/mol. The third-order valence-electron chi connectivity index (χ3n) is 5.08. The first kappa shape index (κ1) is 29.0. The summed E-state index contributed by atoms with van der Waals surface area (Å²) in [6.07, 6.45) is 0.869. The number of nitrogens with one attached hydrogen (secondary N) is 2. The van der Waals surface area contributed by atoms with E-state index in [0.29, 0.717) is 22.9 Å². The molecule has 0 aromatic heterocycles. The van der Waals surface area contributed by atoms with E-state index in [1.54, 1.807) is 0 Å². The van der Waals surface area contributed by atoms with Crippen molar-refractivity contribution in [2.45, 2.75) is 26.7 Å². The third kappa shape index (κ3) is 7.39. The second-order valence-corrected chi connectivity index (χ2v) is 9.89. The van der Waals surface area contributed by atoms with Gasteiger partial charge in [0.1, 0.15) is 0 Å². The van der Waals surface area contributed by atoms with Crippen LogP contribution in [0.4, 0.5) is 0 Å². The lowest BCUT2D eigenvalue weighted by molar-refractivity contribution is -0.108. The summed E-state index contributed by atoms with van der Waals surface area (Å²) in [5, 5.41) is 18.4. The fourth-order valence-electron chi connectivity index (χ4n) is 3.03. The standard InChI is InChI=1S/C23H22Cl6N2O3/c1-3-11(9-33-22-15(26)5-13(24)6-16(22)27)19(30)21(32)20(31)12(4-2)10-34-23-17(28)7-14(25)8-18(23)29/h5-8,11-12,30-31H,3-4,9-10H2,1-2H3/t11-,12-/m1/s1. The lowest BCUT2D eigenvalue weighted by Crippen LogP contribution is -2.37. The number of carbonyl (C=O) groups excluding carboxylic acids is 1. The van der Waals surface area contributed by atoms with E-state index < -0.39 is 17.6 Å². The quantitative estimate of drug-likeness (QED) is 0.244. The molecule has 184 valence electrons. The molecule has 0 spiro atoms. The first-order valence-electron chi connectivity index (χ1n) is 10.3. The molecule has 11 heteroatoms. The third-order valence-corrected chi connectivity index (χ3v) is 6.63. The molecule has 0 saturated carbocycles. The summed E-state index contributed by atoms with van der Waals surface area (Å²) >= 11 is 36.4. The molecule has 5 nitrogen and oxygen atoms in total. The molecule has 0 aliphatic heterocycles. The number of ether oxygens (including phenoxy) is 2. The summed E-state index contributed by atoms with van der Waals surface area (Å²) in [5.41, 5.74) is -0.482. The maximum Gasteiger partial charge on any atom is 0.220 e. The van der Waals surface area contributed by atoms with Gasteiger partial charge in [-0.05, 0) is 37.1 Å². The van der Waals surface area contributed by atoms with Crippen LogP contribution in [0.5, 0.6) is 11.5 Å². The molecule has 0 amide bonds. The molecule has 2 atom stereocenters. The van der Waals surface area contributed by atoms with Crippen molar-refractivity contribution in [3.8, 4) is 11.5 Å². The fraction of sp³-hybridized carbons (Fsp3) is 0.348. The zero-order chi connectivity index (χ0) is 25.6. The molecular weight excluding hydrogens is 565 g/mol. The number of benzene rings is 2. The van der Waals surface area contributed by atoms with Gasteiger partial charge in [0, 0.05) is 21.9 Å². The Hall–Kier alpha value is -1.21. The molecule has 34 heavy (non-hydrogen) atoms. The van der Waals surface area contributed by atoms with Crippen LogP contribution < -0.4 is 9.47 Å². The normalized spacial score (nSPS) is 12.7. The van der Waals surface area contributed by atoms with E-state index in [-0.39, 0.29) is 56.2 Å². The van der Waals surface area contributed by atoms with Gasteiger partial charge < -0.3 is 20.3 Å². The Bertz CT molecular complexity index is 963. The maximum atomic E-state index is 12.9. The predicted octanol–water partition coefficient (Wildman–Crippen LogP) is 8.73. The van der Waals surface area contributed by atoms with Crippen LogP contribution in [-0.4, -0.2) is 30.4 Å². The SMILES string of the molecule is CC[C@H](COc1c(Cl)cc(Cl)cc1Cl)C(=N)C(=O)C(=N)[C@H](CC)COc1c(Cl)cc(Cl)cc1Cl. The van der Waals surface area contributed by atoms with Gasteiger partial charge in [-0.3, -0.25) is 4.79 Å². The predicted molar refractivity (Wildman–Crippen MR) is 142 cm³/mol. The smallest absolute Gasteiger partial charge is 0.220 e. The lowest BCUT2D eigenvalue weighted by atomic mass is 9.90. The fourth-order valence-corrected chi connectivity index (χ4v) is 4.88. The second kappa shape index (κ2) is 13.2. The average Bonchev–Trinajstić information content (AvgIpc) is 2.76. The Morgan fingerprint density at radius 1 is 0.706 bits per heavy atom. The van der Waals surface area contributed by atoms with Crippen molar-refractivity contribution in [1.82, 2.24) is 0 Å². The number of rotatable bonds is 12. The van der Waals surface area contributed by atoms with Crippen LogP contribution in [0.1, 0.15) is 26.7 Å². The van der Waals surface area contributed by atoms with E-state index in [4.69, 9.17) is 89.9 Å². The van der Waals surface area contributed by atoms with Gasteiger partial charge in [0.05, 0.1) is 44.7 Å². The van der Waals surface area contributed by atoms with Crippen LogP contribution in [0.3, 0.4) is 0 Å². The number of Topliss-reactive ketones (excluding diaryl/α,β-unsaturated/α-hetero) is 1. The van der Waals surface area contributed by atoms with Crippen LogP contribution in [-0.2, 0) is 4.79 Å². The lowest BCUT2D eigenvalue weighted by Gasteiger charge is -2.21. The van der Waals surface area contributed by atoms with Crippen LogP contribution >= 0.6 is 69.6 Å². The molecule has 0 aliphatic rings. The van der Waals surface area contributed by atoms with Crippen molar-refractivity contribution in [2.75, 3.05) is 13.2 Å². The zero-order valence-electron chi connectivity index (χ0n) is 18.3. The number of ketones is 1. The van der Waals surface area contributed by atoms with Crippen molar-refractivity contribution in [2.24, 2.45) is 11.8 Å². The largest absolute Gasteiger partial charge is 0.490 e. The molecule has 2 rings (SSSR count). The van der Waals surface area contributed by atoms with Gasteiger partial charge in [0.15, 0.2) is 11.5 Å². The first-order valence-corrected chi connectivity index (χ1v) is 12.5. The molecule has 0 radical (unpaired) electrons. The molecule has 0 fully saturated rings. The van der Waals surface area contributed by atoms with Crippen molar-refractivity contribution >= 4 is 86.8 Å². The summed E-state index contributed by atoms with van der Waals surface area (Å²) in [6, 6.07) is 5.95. The average molecular weight is 587 g/mol. The molecule has 0 saturated heterocycles. The first-order chi connectivity index (χ1) is 16.0. The highest BCUT2D eigenvalue weighted by atomic mass is 35.5. The molecular formula is C23H22Cl6N2O3. The van der Waals surface area contributed by atoms with Crippen LogP contribution in [0.25, 0.3) is 0 Å². The van der Waals surface area contributed by atoms with E-state index in [0.717, 1.165) is 0 Å². The number of halogens is 6. The van der Waals surface area contributed by atoms with E-state index in [2.05, 4.69) is 0 Å². The summed E-state index contributed by atoms with van der Waals surface area (Å²) < 4.78 is 11.4. The maximum absolute atomic E-state index is 12.9. The van der Waals surface area contributed by atoms with E-state index >= 15 is 0 Å². The van der Waals surface area contributed by atoms with E-state index in [1.165, 1.54) is 24.3 Å². The Morgan fingerprint density at radius 3 is 1.26 bits per heavy atom. The highest BCUT2D eigenvalue weighted by Crippen LogP contribution is 2.37. The topological polar surface area (TPSA) is 83.2 Å². The van der Waals surface area contributed by atoms with Crippen LogP contribution in [0, 0.1) is 22.7 Å². The number of hydrogen-bond donors (Lipinski definition) is 2. The highest BCUT2D eigenvalue weighted by molar-refractivity contribution is 6.66. The Balaban J connectivity index is 2.06. The van der Waals surface area contributed by atoms with Crippen molar-refractivity contribution < 1.29 is 14.3 Å². The highest BCUT2D eigenvalue weighted by Gasteiger charge is 2.29. The Labute approximate surface area is 228 Å². The van der Waals surface area contributed by atoms with Crippen molar-refractivity contribution in [1.29, 1.82) is 10.8 Å². The summed E-state index contributed by atoms with van der Waals surface area (Å²) in [4.78, 5) is 12.9. The van der Waals surface area contributed by atoms with Gasteiger partial charge >= 0.3 is 0 Å². The van der Waals surface area contributed by atoms with Crippen molar-refractivity contribution in [3.63, 3.8) is 0 Å². The molecule has 0 bridgehead atoms. The molecule has 2 aromatic carbocycles. The van der Waals surface area contributed by atoms with Crippen molar-refractivity contribution in [3.05, 3.63) is 54.4 Å². The zero-order valence-corrected chi connectivity index (χ0v) is 22.8. The van der Waals surface area contributed by atoms with Gasteiger partial charge in [0.25, 0.3) is 0 Å². The second-order valence-electron chi connectivity index (χ2n) is 7.39. The number of carbonyl (C=O) groups is 1. The summed E-state index contributed by atoms with van der Waals surface area (Å²) in [6.45, 7) is 3.60. The molecule has 2 aromatic rings. The summed E-state index contributed by atoms with van der Waals surface area (Å²) in [7, 11) is 0. The Morgan fingerprint density at radius 2 is 1.00 bits per heavy atom. The molecule has 0 unspecified atom stereocenters. The van der Waals surface area contributed by atoms with Gasteiger partial charge in [-0.1, -0.05) is 83.5 Å². The van der Waals surface area contributed by atoms with Crippen LogP contribution in [0.15, 0.2) is 24.3 Å². The summed E-state index contributed by atoms with van der Waals surface area (Å²) in [5.74, 6) is -1.40. The molecule has 0 aliphatic carbocycles. The van der Waals surface area contributed by atoms with E-state index in [9.17, 15) is 4.79 Å². The van der Waals surface area contributed by atoms with Gasteiger partial charge in [-0.2, -0.15) is 0 Å². The minimum Gasteiger partial charge on any atom is -0.490 e. The van der Waals surface area contributed by atoms with Crippen LogP contribution in [0.2, 0.25) is 30.1 Å². The van der Waals surface area contributed by atoms with E-state index in [1.807, 2.05) is 13.8 Å². The minimum atomic E-state index is -0.688. The Kier molecular flexibility index (Phi) is 11.3. The number of hydrogen-bond acceptors (Lipinski definition) is 5. The minimum absolute atomic E-state index is 0.0152. The molecule has 0 heterocycles. The van der Waals surface area contributed by atoms with Gasteiger partial charge in [-0.25, -0.2) is 0 Å². The van der Waals surface area contributed by atoms with Gasteiger partial charge in [0.2, 0.25) is 5.78 Å². The molecule has 2 N–H and O–H groups in total. The van der Waals surface area contributed by atoms with Gasteiger partial charge in [-0.15, -0.1) is 0 Å².